The summed E-state index contributed by atoms with van der Waals surface area (Å²) >= 11 is 1.57. The number of carbonyl (C=O) groups excluding carboxylic acids is 1. The predicted molar refractivity (Wildman–Crippen MR) is 122 cm³/mol. The van der Waals surface area contributed by atoms with Crippen molar-refractivity contribution in [1.29, 1.82) is 0 Å². The van der Waals surface area contributed by atoms with Gasteiger partial charge in [-0.1, -0.05) is 24.3 Å². The molecule has 0 spiro atoms. The van der Waals surface area contributed by atoms with Gasteiger partial charge in [-0.2, -0.15) is 5.10 Å². The van der Waals surface area contributed by atoms with Crippen LogP contribution in [0.5, 0.6) is 0 Å². The van der Waals surface area contributed by atoms with Crippen molar-refractivity contribution in [2.75, 3.05) is 42.6 Å². The van der Waals surface area contributed by atoms with E-state index >= 15 is 0 Å². The minimum atomic E-state index is -3.05. The Morgan fingerprint density at radius 3 is 2.45 bits per heavy atom. The molecule has 0 radical (unpaired) electrons. The third-order valence-electron chi connectivity index (χ3n) is 5.97. The normalized spacial score (nSPS) is 20.8. The fourth-order valence-corrected chi connectivity index (χ4v) is 6.75. The van der Waals surface area contributed by atoms with E-state index in [1.165, 1.54) is 5.69 Å². The van der Waals surface area contributed by atoms with Crippen LogP contribution < -0.4 is 4.90 Å². The molecule has 1 amide bonds. The molecule has 4 heterocycles. The van der Waals surface area contributed by atoms with Crippen LogP contribution in [0.4, 0.5) is 5.69 Å². The molecular formula is C22H24N4O3S2. The number of carbonyl (C=O) groups is 1. The Balaban J connectivity index is 1.37. The molecule has 2 aromatic heterocycles. The maximum absolute atomic E-state index is 13.2. The molecule has 3 aromatic rings. The van der Waals surface area contributed by atoms with Gasteiger partial charge in [0.15, 0.2) is 15.5 Å². The minimum absolute atomic E-state index is 0.0798. The number of nitrogens with zero attached hydrogens (tertiary/aromatic N) is 4. The summed E-state index contributed by atoms with van der Waals surface area (Å²) in [6, 6.07) is 15.7. The number of thiophene rings is 1. The number of amides is 1. The molecule has 1 atom stereocenters. The highest BCUT2D eigenvalue weighted by Gasteiger charge is 2.33. The first kappa shape index (κ1) is 20.3. The summed E-state index contributed by atoms with van der Waals surface area (Å²) in [5.41, 5.74) is 2.38. The third-order valence-corrected chi connectivity index (χ3v) is 8.61. The van der Waals surface area contributed by atoms with Crippen LogP contribution in [-0.2, 0) is 9.84 Å². The largest absolute Gasteiger partial charge is 0.368 e. The van der Waals surface area contributed by atoms with E-state index in [0.717, 1.165) is 23.7 Å². The smallest absolute Gasteiger partial charge is 0.274 e. The van der Waals surface area contributed by atoms with Gasteiger partial charge in [0.05, 0.1) is 28.1 Å². The molecule has 9 heteroatoms. The Hall–Kier alpha value is -2.65. The second-order valence-electron chi connectivity index (χ2n) is 8.01. The zero-order valence-corrected chi connectivity index (χ0v) is 18.7. The van der Waals surface area contributed by atoms with Gasteiger partial charge in [0.1, 0.15) is 0 Å². The Bertz CT molecular complexity index is 1160. The number of hydrogen-bond donors (Lipinski definition) is 0. The molecule has 2 fully saturated rings. The van der Waals surface area contributed by atoms with Crippen molar-refractivity contribution in [3.05, 3.63) is 59.6 Å². The average Bonchev–Trinajstić information content (AvgIpc) is 3.53. The van der Waals surface area contributed by atoms with Crippen molar-refractivity contribution in [3.8, 4) is 10.6 Å². The number of benzene rings is 1. The molecule has 0 bridgehead atoms. The Morgan fingerprint density at radius 1 is 1.03 bits per heavy atom. The summed E-state index contributed by atoms with van der Waals surface area (Å²) in [7, 11) is -3.05. The molecule has 162 valence electrons. The molecule has 2 saturated heterocycles. The highest BCUT2D eigenvalue weighted by Crippen LogP contribution is 2.32. The predicted octanol–water partition coefficient (Wildman–Crippen LogP) is 2.93. The van der Waals surface area contributed by atoms with Gasteiger partial charge in [-0.05, 0) is 36.1 Å². The molecule has 2 aliphatic heterocycles. The first-order valence-electron chi connectivity index (χ1n) is 10.4. The Labute approximate surface area is 185 Å². The van der Waals surface area contributed by atoms with Crippen LogP contribution in [0.15, 0.2) is 53.9 Å². The van der Waals surface area contributed by atoms with Gasteiger partial charge in [0.25, 0.3) is 5.91 Å². The zero-order valence-electron chi connectivity index (χ0n) is 17.1. The third kappa shape index (κ3) is 4.12. The monoisotopic (exact) mass is 456 g/mol. The molecule has 1 aromatic carbocycles. The van der Waals surface area contributed by atoms with Crippen LogP contribution in [0.1, 0.15) is 23.0 Å². The van der Waals surface area contributed by atoms with E-state index < -0.39 is 9.84 Å². The summed E-state index contributed by atoms with van der Waals surface area (Å²) in [6.07, 6.45) is 0.534. The molecule has 0 unspecified atom stereocenters. The van der Waals surface area contributed by atoms with E-state index in [0.29, 0.717) is 25.2 Å². The van der Waals surface area contributed by atoms with E-state index in [2.05, 4.69) is 22.1 Å². The number of sulfone groups is 1. The van der Waals surface area contributed by atoms with E-state index in [-0.39, 0.29) is 23.5 Å². The summed E-state index contributed by atoms with van der Waals surface area (Å²) in [4.78, 5) is 18.4. The van der Waals surface area contributed by atoms with Crippen LogP contribution in [-0.4, -0.2) is 66.7 Å². The van der Waals surface area contributed by atoms with Crippen molar-refractivity contribution in [2.45, 2.75) is 12.5 Å². The fourth-order valence-electron chi connectivity index (χ4n) is 4.32. The van der Waals surface area contributed by atoms with Crippen molar-refractivity contribution < 1.29 is 13.2 Å². The van der Waals surface area contributed by atoms with Crippen LogP contribution in [0, 0.1) is 0 Å². The van der Waals surface area contributed by atoms with E-state index in [1.807, 2.05) is 46.7 Å². The summed E-state index contributed by atoms with van der Waals surface area (Å²) in [6.45, 7) is 2.81. The van der Waals surface area contributed by atoms with Gasteiger partial charge in [0, 0.05) is 31.9 Å². The summed E-state index contributed by atoms with van der Waals surface area (Å²) in [5.74, 6) is 0.160. The lowest BCUT2D eigenvalue weighted by molar-refractivity contribution is 0.0739. The van der Waals surface area contributed by atoms with Gasteiger partial charge >= 0.3 is 0 Å². The van der Waals surface area contributed by atoms with E-state index in [9.17, 15) is 13.2 Å². The molecular weight excluding hydrogens is 432 g/mol. The van der Waals surface area contributed by atoms with Crippen LogP contribution in [0.25, 0.3) is 10.6 Å². The number of aromatic nitrogens is 2. The van der Waals surface area contributed by atoms with Gasteiger partial charge in [-0.3, -0.25) is 9.48 Å². The molecule has 0 saturated carbocycles. The molecule has 0 aliphatic carbocycles. The SMILES string of the molecule is O=C(c1cc(-c2cccs2)n([C@@H]2CCS(=O)(=O)C2)n1)N1CCN(c2ccccc2)CC1. The molecule has 7 nitrogen and oxygen atoms in total. The first-order chi connectivity index (χ1) is 15.0. The lowest BCUT2D eigenvalue weighted by Crippen LogP contribution is -2.48. The number of rotatable bonds is 4. The van der Waals surface area contributed by atoms with Crippen molar-refractivity contribution in [2.24, 2.45) is 0 Å². The molecule has 0 N–H and O–H groups in total. The maximum Gasteiger partial charge on any atom is 0.274 e. The van der Waals surface area contributed by atoms with Gasteiger partial charge in [-0.25, -0.2) is 8.42 Å². The van der Waals surface area contributed by atoms with Crippen molar-refractivity contribution in [3.63, 3.8) is 0 Å². The zero-order chi connectivity index (χ0) is 21.4. The quantitative estimate of drug-likeness (QED) is 0.603. The highest BCUT2D eigenvalue weighted by molar-refractivity contribution is 7.91. The molecule has 31 heavy (non-hydrogen) atoms. The molecule has 2 aliphatic rings. The van der Waals surface area contributed by atoms with Gasteiger partial charge < -0.3 is 9.80 Å². The number of para-hydroxylation sites is 1. The standard InChI is InChI=1S/C22H24N4O3S2/c27-22(25-11-9-24(10-12-25)17-5-2-1-3-6-17)19-15-20(21-7-4-13-30-21)26(23-19)18-8-14-31(28,29)16-18/h1-7,13,15,18H,8-12,14,16H2/t18-/m1/s1. The van der Waals surface area contributed by atoms with E-state index in [1.54, 1.807) is 16.0 Å². The minimum Gasteiger partial charge on any atom is -0.368 e. The first-order valence-corrected chi connectivity index (χ1v) is 13.1. The lowest BCUT2D eigenvalue weighted by atomic mass is 10.2. The second-order valence-corrected chi connectivity index (χ2v) is 11.2. The fraction of sp³-hybridized carbons (Fsp3) is 0.364. The van der Waals surface area contributed by atoms with Crippen LogP contribution in [0.3, 0.4) is 0 Å². The topological polar surface area (TPSA) is 75.5 Å². The van der Waals surface area contributed by atoms with Gasteiger partial charge in [0.2, 0.25) is 0 Å². The number of piperazine rings is 1. The summed E-state index contributed by atoms with van der Waals surface area (Å²) < 4.78 is 25.8. The number of hydrogen-bond acceptors (Lipinski definition) is 6. The Morgan fingerprint density at radius 2 is 1.81 bits per heavy atom. The average molecular weight is 457 g/mol. The highest BCUT2D eigenvalue weighted by atomic mass is 32.2. The Kier molecular flexibility index (Phi) is 5.31. The molecule has 5 rings (SSSR count). The van der Waals surface area contributed by atoms with Crippen molar-refractivity contribution in [1.82, 2.24) is 14.7 Å². The van der Waals surface area contributed by atoms with Gasteiger partial charge in [-0.15, -0.1) is 11.3 Å². The number of anilines is 1. The summed E-state index contributed by atoms with van der Waals surface area (Å²) in [5, 5.41) is 6.59. The lowest BCUT2D eigenvalue weighted by Gasteiger charge is -2.35. The second kappa shape index (κ2) is 8.12. The van der Waals surface area contributed by atoms with Crippen molar-refractivity contribution >= 4 is 32.8 Å². The maximum atomic E-state index is 13.2. The van der Waals surface area contributed by atoms with Crippen LogP contribution in [0.2, 0.25) is 0 Å². The van der Waals surface area contributed by atoms with E-state index in [4.69, 9.17) is 0 Å². The van der Waals surface area contributed by atoms with Crippen LogP contribution >= 0.6 is 11.3 Å².